The summed E-state index contributed by atoms with van der Waals surface area (Å²) in [5.41, 5.74) is 3.46. The molecule has 0 fully saturated rings. The van der Waals surface area contributed by atoms with Crippen LogP contribution in [0, 0.1) is 13.8 Å². The van der Waals surface area contributed by atoms with Crippen LogP contribution in [0.1, 0.15) is 27.0 Å². The molecule has 0 N–H and O–H groups in total. The van der Waals surface area contributed by atoms with Gasteiger partial charge in [0.1, 0.15) is 5.75 Å². The van der Waals surface area contributed by atoms with Crippen molar-refractivity contribution in [2.24, 2.45) is 0 Å². The Morgan fingerprint density at radius 2 is 1.76 bits per heavy atom. The predicted molar refractivity (Wildman–Crippen MR) is 77.0 cm³/mol. The minimum Gasteiger partial charge on any atom is -0.435 e. The summed E-state index contributed by atoms with van der Waals surface area (Å²) in [6, 6.07) is 11.8. The Kier molecular flexibility index (Phi) is 4.68. The van der Waals surface area contributed by atoms with Crippen molar-refractivity contribution in [3.63, 3.8) is 0 Å². The van der Waals surface area contributed by atoms with E-state index in [1.807, 2.05) is 32.0 Å². The Morgan fingerprint density at radius 1 is 1.10 bits per heavy atom. The van der Waals surface area contributed by atoms with Crippen molar-refractivity contribution in [3.05, 3.63) is 64.7 Å². The number of hydrogen-bond acceptors (Lipinski definition) is 2. The van der Waals surface area contributed by atoms with Gasteiger partial charge >= 0.3 is 6.61 Å². The lowest BCUT2D eigenvalue weighted by Gasteiger charge is -2.07. The van der Waals surface area contributed by atoms with Crippen LogP contribution in [0.2, 0.25) is 0 Å². The maximum absolute atomic E-state index is 12.2. The van der Waals surface area contributed by atoms with Crippen LogP contribution in [-0.2, 0) is 6.42 Å². The maximum Gasteiger partial charge on any atom is 0.387 e. The van der Waals surface area contributed by atoms with Gasteiger partial charge in [-0.05, 0) is 31.5 Å². The lowest BCUT2D eigenvalue weighted by molar-refractivity contribution is -0.0498. The summed E-state index contributed by atoms with van der Waals surface area (Å²) >= 11 is 0. The van der Waals surface area contributed by atoms with Crippen molar-refractivity contribution in [2.45, 2.75) is 26.9 Å². The predicted octanol–water partition coefficient (Wildman–Crippen LogP) is 4.33. The molecule has 0 aromatic heterocycles. The summed E-state index contributed by atoms with van der Waals surface area (Å²) in [5, 5.41) is 0. The van der Waals surface area contributed by atoms with E-state index in [9.17, 15) is 13.6 Å². The third-order valence-electron chi connectivity index (χ3n) is 3.03. The van der Waals surface area contributed by atoms with Crippen molar-refractivity contribution >= 4 is 5.78 Å². The fourth-order valence-corrected chi connectivity index (χ4v) is 2.30. The van der Waals surface area contributed by atoms with Crippen molar-refractivity contribution in [2.75, 3.05) is 0 Å². The van der Waals surface area contributed by atoms with Crippen LogP contribution in [0.25, 0.3) is 0 Å². The molecule has 0 aliphatic heterocycles. The van der Waals surface area contributed by atoms with Gasteiger partial charge in [-0.1, -0.05) is 41.5 Å². The molecule has 110 valence electrons. The lowest BCUT2D eigenvalue weighted by atomic mass is 9.99. The van der Waals surface area contributed by atoms with Crippen molar-refractivity contribution in [1.29, 1.82) is 0 Å². The Balaban J connectivity index is 2.16. The van der Waals surface area contributed by atoms with E-state index in [0.29, 0.717) is 5.56 Å². The van der Waals surface area contributed by atoms with Crippen LogP contribution >= 0.6 is 0 Å². The normalized spacial score (nSPS) is 10.7. The summed E-state index contributed by atoms with van der Waals surface area (Å²) in [6.07, 6.45) is 0.237. The largest absolute Gasteiger partial charge is 0.435 e. The standard InChI is InChI=1S/C17H16F2O2/c1-11-6-12(2)8-13(7-11)9-16(20)14-4-3-5-15(10-14)21-17(18)19/h3-8,10,17H,9H2,1-2H3. The number of ketones is 1. The molecular formula is C17H16F2O2. The SMILES string of the molecule is Cc1cc(C)cc(CC(=O)c2cccc(OC(F)F)c2)c1. The zero-order valence-electron chi connectivity index (χ0n) is 11.9. The molecule has 0 saturated heterocycles. The van der Waals surface area contributed by atoms with Gasteiger partial charge in [-0.15, -0.1) is 0 Å². The molecule has 2 rings (SSSR count). The van der Waals surface area contributed by atoms with E-state index in [2.05, 4.69) is 4.74 Å². The highest BCUT2D eigenvalue weighted by molar-refractivity contribution is 5.97. The average molecular weight is 290 g/mol. The van der Waals surface area contributed by atoms with Crippen LogP contribution in [0.5, 0.6) is 5.75 Å². The summed E-state index contributed by atoms with van der Waals surface area (Å²) in [4.78, 5) is 12.2. The van der Waals surface area contributed by atoms with Gasteiger partial charge in [0.05, 0.1) is 0 Å². The molecule has 2 aromatic carbocycles. The first-order chi connectivity index (χ1) is 9.94. The zero-order chi connectivity index (χ0) is 15.4. The highest BCUT2D eigenvalue weighted by atomic mass is 19.3. The third-order valence-corrected chi connectivity index (χ3v) is 3.03. The molecule has 0 aliphatic rings. The van der Waals surface area contributed by atoms with E-state index in [1.165, 1.54) is 18.2 Å². The summed E-state index contributed by atoms with van der Waals surface area (Å²) in [6.45, 7) is 1.05. The summed E-state index contributed by atoms with van der Waals surface area (Å²) in [7, 11) is 0. The lowest BCUT2D eigenvalue weighted by Crippen LogP contribution is -2.06. The molecule has 0 amide bonds. The summed E-state index contributed by atoms with van der Waals surface area (Å²) < 4.78 is 28.7. The molecule has 0 atom stereocenters. The Bertz CT molecular complexity index is 631. The molecule has 2 aromatic rings. The molecule has 0 saturated carbocycles. The average Bonchev–Trinajstić information content (AvgIpc) is 2.36. The van der Waals surface area contributed by atoms with E-state index in [-0.39, 0.29) is 18.0 Å². The number of hydrogen-bond donors (Lipinski definition) is 0. The molecule has 0 aliphatic carbocycles. The van der Waals surface area contributed by atoms with Crippen LogP contribution in [-0.4, -0.2) is 12.4 Å². The first-order valence-corrected chi connectivity index (χ1v) is 6.59. The second kappa shape index (κ2) is 6.48. The number of halogens is 2. The number of ether oxygens (including phenoxy) is 1. The maximum atomic E-state index is 12.2. The minimum atomic E-state index is -2.89. The van der Waals surface area contributed by atoms with Gasteiger partial charge in [-0.3, -0.25) is 4.79 Å². The number of carbonyl (C=O) groups is 1. The van der Waals surface area contributed by atoms with Crippen LogP contribution in [0.15, 0.2) is 42.5 Å². The van der Waals surface area contributed by atoms with Gasteiger partial charge < -0.3 is 4.74 Å². The smallest absolute Gasteiger partial charge is 0.387 e. The molecule has 0 unspecified atom stereocenters. The number of rotatable bonds is 5. The fraction of sp³-hybridized carbons (Fsp3) is 0.235. The molecule has 0 spiro atoms. The number of aryl methyl sites for hydroxylation is 2. The number of benzene rings is 2. The van der Waals surface area contributed by atoms with Crippen LogP contribution < -0.4 is 4.74 Å². The summed E-state index contributed by atoms with van der Waals surface area (Å²) in [5.74, 6) is -0.129. The van der Waals surface area contributed by atoms with Gasteiger partial charge in [0.15, 0.2) is 5.78 Å². The van der Waals surface area contributed by atoms with E-state index < -0.39 is 6.61 Å². The molecule has 0 heterocycles. The Labute approximate surface area is 122 Å². The van der Waals surface area contributed by atoms with Gasteiger partial charge in [0.2, 0.25) is 0 Å². The third kappa shape index (κ3) is 4.38. The van der Waals surface area contributed by atoms with Crippen molar-refractivity contribution < 1.29 is 18.3 Å². The number of alkyl halides is 2. The number of carbonyl (C=O) groups excluding carboxylic acids is 1. The molecule has 21 heavy (non-hydrogen) atoms. The van der Waals surface area contributed by atoms with E-state index in [0.717, 1.165) is 16.7 Å². The van der Waals surface area contributed by atoms with Crippen LogP contribution in [0.4, 0.5) is 8.78 Å². The van der Waals surface area contributed by atoms with E-state index >= 15 is 0 Å². The Morgan fingerprint density at radius 3 is 2.38 bits per heavy atom. The fourth-order valence-electron chi connectivity index (χ4n) is 2.30. The second-order valence-corrected chi connectivity index (χ2v) is 5.00. The molecule has 2 nitrogen and oxygen atoms in total. The van der Waals surface area contributed by atoms with Gasteiger partial charge in [0.25, 0.3) is 0 Å². The van der Waals surface area contributed by atoms with Crippen LogP contribution in [0.3, 0.4) is 0 Å². The van der Waals surface area contributed by atoms with E-state index in [1.54, 1.807) is 6.07 Å². The molecule has 0 radical (unpaired) electrons. The van der Waals surface area contributed by atoms with E-state index in [4.69, 9.17) is 0 Å². The molecular weight excluding hydrogens is 274 g/mol. The van der Waals surface area contributed by atoms with Crippen molar-refractivity contribution in [3.8, 4) is 5.75 Å². The molecule has 4 heteroatoms. The monoisotopic (exact) mass is 290 g/mol. The Hall–Kier alpha value is -2.23. The highest BCUT2D eigenvalue weighted by Crippen LogP contribution is 2.18. The van der Waals surface area contributed by atoms with Gasteiger partial charge in [0, 0.05) is 12.0 Å². The highest BCUT2D eigenvalue weighted by Gasteiger charge is 2.11. The first-order valence-electron chi connectivity index (χ1n) is 6.59. The van der Waals surface area contributed by atoms with Gasteiger partial charge in [-0.25, -0.2) is 0 Å². The first kappa shape index (κ1) is 15.2. The van der Waals surface area contributed by atoms with Crippen molar-refractivity contribution in [1.82, 2.24) is 0 Å². The topological polar surface area (TPSA) is 26.3 Å². The molecule has 0 bridgehead atoms. The minimum absolute atomic E-state index is 0.00345. The number of Topliss-reactive ketones (excluding diaryl/α,β-unsaturated/α-hetero) is 1. The quantitative estimate of drug-likeness (QED) is 0.766. The van der Waals surface area contributed by atoms with Gasteiger partial charge in [-0.2, -0.15) is 8.78 Å². The zero-order valence-corrected chi connectivity index (χ0v) is 11.9. The second-order valence-electron chi connectivity index (χ2n) is 5.00.